The van der Waals surface area contributed by atoms with Gasteiger partial charge < -0.3 is 9.13 Å². The van der Waals surface area contributed by atoms with Gasteiger partial charge in [-0.15, -0.1) is 0 Å². The van der Waals surface area contributed by atoms with Gasteiger partial charge in [0.05, 0.1) is 11.0 Å². The largest absolute Gasteiger partial charge is 0.316 e. The van der Waals surface area contributed by atoms with Gasteiger partial charge in [0.15, 0.2) is 0 Å². The fraction of sp³-hybridized carbons (Fsp3) is 0.600. The molecule has 0 spiro atoms. The molecule has 0 fully saturated rings. The maximum Gasteiger partial charge on any atom is 0.316 e. The van der Waals surface area contributed by atoms with Crippen LogP contribution in [0.2, 0.25) is 0 Å². The summed E-state index contributed by atoms with van der Waals surface area (Å²) >= 11 is 0. The first-order chi connectivity index (χ1) is 11.3. The van der Waals surface area contributed by atoms with Crippen LogP contribution in [0.4, 0.5) is 0 Å². The maximum absolute atomic E-state index is 12.7. The lowest BCUT2D eigenvalue weighted by atomic mass is 9.75. The molecule has 0 unspecified atom stereocenters. The third-order valence-electron chi connectivity index (χ3n) is 5.66. The number of unbranched alkanes of at least 4 members (excludes halogenated alkanes) is 2. The number of nitrogens with zero attached hydrogens (tertiary/aromatic N) is 2. The molecule has 1 aromatic carbocycles. The molecule has 0 aliphatic carbocycles. The van der Waals surface area contributed by atoms with Gasteiger partial charge in [-0.3, -0.25) is 9.59 Å². The standard InChI is InChI=1S/C20H28N2O2/c1-6-7-8-10-21-15-12-13(2)14(3)16-17(15)22(19(24)18(21)23)11-9-20(16,4)5/h12H,6-11H2,1-5H3. The molecule has 4 nitrogen and oxygen atoms in total. The summed E-state index contributed by atoms with van der Waals surface area (Å²) in [7, 11) is 0. The van der Waals surface area contributed by atoms with Crippen LogP contribution >= 0.6 is 0 Å². The molecule has 4 heteroatoms. The average Bonchev–Trinajstić information content (AvgIpc) is 2.52. The Morgan fingerprint density at radius 3 is 2.50 bits per heavy atom. The molecule has 2 aromatic rings. The molecule has 130 valence electrons. The van der Waals surface area contributed by atoms with Crippen LogP contribution in [0.25, 0.3) is 11.0 Å². The Bertz CT molecular complexity index is 916. The molecule has 0 saturated carbocycles. The van der Waals surface area contributed by atoms with Gasteiger partial charge in [-0.25, -0.2) is 0 Å². The molecule has 2 heterocycles. The Hall–Kier alpha value is -1.84. The first kappa shape index (κ1) is 17.0. The van der Waals surface area contributed by atoms with E-state index in [0.717, 1.165) is 36.7 Å². The van der Waals surface area contributed by atoms with E-state index in [1.807, 2.05) is 0 Å². The van der Waals surface area contributed by atoms with Crippen molar-refractivity contribution in [3.8, 4) is 0 Å². The minimum absolute atomic E-state index is 0.0203. The van der Waals surface area contributed by atoms with Gasteiger partial charge in [0.1, 0.15) is 0 Å². The number of aromatic nitrogens is 2. The van der Waals surface area contributed by atoms with Gasteiger partial charge >= 0.3 is 11.1 Å². The van der Waals surface area contributed by atoms with Crippen molar-refractivity contribution in [1.29, 1.82) is 0 Å². The number of hydrogen-bond acceptors (Lipinski definition) is 2. The van der Waals surface area contributed by atoms with Gasteiger partial charge in [-0.05, 0) is 54.9 Å². The van der Waals surface area contributed by atoms with Gasteiger partial charge in [0, 0.05) is 13.1 Å². The Morgan fingerprint density at radius 1 is 1.12 bits per heavy atom. The van der Waals surface area contributed by atoms with E-state index < -0.39 is 0 Å². The normalized spacial score (nSPS) is 15.9. The summed E-state index contributed by atoms with van der Waals surface area (Å²) in [5, 5.41) is 0. The minimum atomic E-state index is -0.368. The van der Waals surface area contributed by atoms with Crippen molar-refractivity contribution in [1.82, 2.24) is 9.13 Å². The Labute approximate surface area is 143 Å². The third-order valence-corrected chi connectivity index (χ3v) is 5.66. The zero-order valence-corrected chi connectivity index (χ0v) is 15.5. The first-order valence-corrected chi connectivity index (χ1v) is 9.07. The quantitative estimate of drug-likeness (QED) is 0.635. The molecule has 0 saturated heterocycles. The van der Waals surface area contributed by atoms with E-state index in [-0.39, 0.29) is 16.5 Å². The Morgan fingerprint density at radius 2 is 1.83 bits per heavy atom. The molecule has 1 aromatic heterocycles. The Balaban J connectivity index is 2.43. The van der Waals surface area contributed by atoms with Gasteiger partial charge in [0.25, 0.3) is 0 Å². The SMILES string of the molecule is CCCCCn1c(=O)c(=O)n2c3c(c(C)c(C)cc31)C(C)(C)CC2. The number of hydrogen-bond donors (Lipinski definition) is 0. The van der Waals surface area contributed by atoms with Gasteiger partial charge in [0.2, 0.25) is 0 Å². The predicted octanol–water partition coefficient (Wildman–Crippen LogP) is 3.65. The highest BCUT2D eigenvalue weighted by Gasteiger charge is 2.32. The van der Waals surface area contributed by atoms with Gasteiger partial charge in [-0.1, -0.05) is 33.6 Å². The van der Waals surface area contributed by atoms with Crippen LogP contribution in [0, 0.1) is 13.8 Å². The van der Waals surface area contributed by atoms with E-state index in [4.69, 9.17) is 0 Å². The van der Waals surface area contributed by atoms with E-state index in [1.165, 1.54) is 16.7 Å². The molecule has 24 heavy (non-hydrogen) atoms. The number of benzene rings is 1. The highest BCUT2D eigenvalue weighted by atomic mass is 16.2. The fourth-order valence-corrected chi connectivity index (χ4v) is 4.11. The predicted molar refractivity (Wildman–Crippen MR) is 99.1 cm³/mol. The Kier molecular flexibility index (Phi) is 4.18. The van der Waals surface area contributed by atoms with Crippen LogP contribution in [0.5, 0.6) is 0 Å². The lowest BCUT2D eigenvalue weighted by Crippen LogP contribution is -2.45. The molecule has 0 amide bonds. The molecule has 1 aliphatic rings. The van der Waals surface area contributed by atoms with Crippen molar-refractivity contribution in [3.63, 3.8) is 0 Å². The van der Waals surface area contributed by atoms with Crippen molar-refractivity contribution in [3.05, 3.63) is 43.5 Å². The summed E-state index contributed by atoms with van der Waals surface area (Å²) in [6.07, 6.45) is 3.99. The minimum Gasteiger partial charge on any atom is -0.302 e. The first-order valence-electron chi connectivity index (χ1n) is 9.07. The van der Waals surface area contributed by atoms with Crippen molar-refractivity contribution >= 4 is 11.0 Å². The molecular formula is C20H28N2O2. The molecule has 0 bridgehead atoms. The second-order valence-corrected chi connectivity index (χ2v) is 7.82. The summed E-state index contributed by atoms with van der Waals surface area (Å²) in [6.45, 7) is 12.1. The van der Waals surface area contributed by atoms with Crippen LogP contribution < -0.4 is 11.1 Å². The highest BCUT2D eigenvalue weighted by Crippen LogP contribution is 2.39. The van der Waals surface area contributed by atoms with Crippen molar-refractivity contribution in [2.75, 3.05) is 0 Å². The zero-order valence-electron chi connectivity index (χ0n) is 15.5. The van der Waals surface area contributed by atoms with Crippen molar-refractivity contribution in [2.24, 2.45) is 0 Å². The topological polar surface area (TPSA) is 44.0 Å². The van der Waals surface area contributed by atoms with Crippen LogP contribution in [0.1, 0.15) is 63.1 Å². The van der Waals surface area contributed by atoms with Crippen LogP contribution in [-0.4, -0.2) is 9.13 Å². The molecule has 0 radical (unpaired) electrons. The summed E-state index contributed by atoms with van der Waals surface area (Å²) in [6, 6.07) is 2.10. The van der Waals surface area contributed by atoms with Crippen molar-refractivity contribution < 1.29 is 0 Å². The van der Waals surface area contributed by atoms with Gasteiger partial charge in [-0.2, -0.15) is 0 Å². The van der Waals surface area contributed by atoms with Crippen LogP contribution in [0.3, 0.4) is 0 Å². The van der Waals surface area contributed by atoms with E-state index in [0.29, 0.717) is 13.1 Å². The maximum atomic E-state index is 12.7. The number of rotatable bonds is 4. The zero-order chi connectivity index (χ0) is 17.6. The van der Waals surface area contributed by atoms with E-state index >= 15 is 0 Å². The second-order valence-electron chi connectivity index (χ2n) is 7.82. The summed E-state index contributed by atoms with van der Waals surface area (Å²) < 4.78 is 3.45. The molecule has 1 aliphatic heterocycles. The van der Waals surface area contributed by atoms with E-state index in [1.54, 1.807) is 9.13 Å². The van der Waals surface area contributed by atoms with Crippen LogP contribution in [0.15, 0.2) is 15.7 Å². The lowest BCUT2D eigenvalue weighted by Gasteiger charge is -2.35. The van der Waals surface area contributed by atoms with Crippen LogP contribution in [-0.2, 0) is 18.5 Å². The summed E-state index contributed by atoms with van der Waals surface area (Å²) in [4.78, 5) is 25.4. The monoisotopic (exact) mass is 328 g/mol. The number of aryl methyl sites for hydroxylation is 3. The molecule has 0 N–H and O–H groups in total. The van der Waals surface area contributed by atoms with E-state index in [2.05, 4.69) is 40.7 Å². The smallest absolute Gasteiger partial charge is 0.302 e. The molecular weight excluding hydrogens is 300 g/mol. The van der Waals surface area contributed by atoms with Crippen molar-refractivity contribution in [2.45, 2.75) is 78.8 Å². The fourth-order valence-electron chi connectivity index (χ4n) is 4.11. The average molecular weight is 328 g/mol. The second kappa shape index (κ2) is 5.91. The summed E-state index contributed by atoms with van der Waals surface area (Å²) in [5.41, 5.74) is 4.89. The molecule has 3 rings (SSSR count). The third kappa shape index (κ3) is 2.43. The summed E-state index contributed by atoms with van der Waals surface area (Å²) in [5.74, 6) is 0. The van der Waals surface area contributed by atoms with E-state index in [9.17, 15) is 9.59 Å². The highest BCUT2D eigenvalue weighted by molar-refractivity contribution is 5.83. The lowest BCUT2D eigenvalue weighted by molar-refractivity contribution is 0.411. The molecule has 0 atom stereocenters.